The molecule has 2 aromatic carbocycles. The van der Waals surface area contributed by atoms with Gasteiger partial charge in [0.25, 0.3) is 0 Å². The fourth-order valence-electron chi connectivity index (χ4n) is 8.63. The first-order valence-corrected chi connectivity index (χ1v) is 20.7. The zero-order valence-electron chi connectivity index (χ0n) is 34.5. The molecule has 1 unspecified atom stereocenters. The van der Waals surface area contributed by atoms with Gasteiger partial charge in [-0.05, 0) is 59.8 Å². The van der Waals surface area contributed by atoms with E-state index in [0.717, 1.165) is 96.7 Å². The molecular weight excluding hydrogens is 737 g/mol. The molecule has 6 rings (SSSR count). The Balaban J connectivity index is 1.11. The van der Waals surface area contributed by atoms with E-state index in [1.54, 1.807) is 0 Å². The second kappa shape index (κ2) is 19.2. The second-order valence-corrected chi connectivity index (χ2v) is 15.3. The monoisotopic (exact) mass is 794 g/mol. The number of nitrogens with one attached hydrogen (secondary N) is 4. The summed E-state index contributed by atoms with van der Waals surface area (Å²) in [7, 11) is 2.62. The van der Waals surface area contributed by atoms with Gasteiger partial charge >= 0.3 is 12.2 Å². The molecule has 14 nitrogen and oxygen atoms in total. The minimum absolute atomic E-state index is 0.00265. The van der Waals surface area contributed by atoms with Crippen molar-refractivity contribution in [3.05, 3.63) is 72.6 Å². The van der Waals surface area contributed by atoms with Crippen LogP contribution >= 0.6 is 0 Å². The normalized spacial score (nSPS) is 17.7. The number of benzene rings is 2. The van der Waals surface area contributed by atoms with Crippen LogP contribution in [-0.2, 0) is 19.1 Å². The van der Waals surface area contributed by atoms with Crippen LogP contribution in [0.3, 0.4) is 0 Å². The van der Waals surface area contributed by atoms with Crippen molar-refractivity contribution in [1.29, 1.82) is 0 Å². The van der Waals surface area contributed by atoms with Crippen molar-refractivity contribution in [2.45, 2.75) is 103 Å². The largest absolute Gasteiger partial charge is 0.453 e. The summed E-state index contributed by atoms with van der Waals surface area (Å²) in [5.41, 5.74) is 5.81. The number of hydrogen-bond donors (Lipinski definition) is 4. The third-order valence-electron chi connectivity index (χ3n) is 12.1. The van der Waals surface area contributed by atoms with E-state index in [4.69, 9.17) is 19.4 Å². The van der Waals surface area contributed by atoms with Crippen molar-refractivity contribution in [2.24, 2.45) is 11.8 Å². The molecule has 2 saturated heterocycles. The van der Waals surface area contributed by atoms with Gasteiger partial charge in [0.2, 0.25) is 11.8 Å². The predicted molar refractivity (Wildman–Crippen MR) is 221 cm³/mol. The van der Waals surface area contributed by atoms with Gasteiger partial charge in [-0.25, -0.2) is 19.6 Å². The first-order chi connectivity index (χ1) is 28.1. The highest BCUT2D eigenvalue weighted by Gasteiger charge is 2.40. The third-order valence-corrected chi connectivity index (χ3v) is 12.1. The Bertz CT molecular complexity index is 1860. The molecule has 4 atom stereocenters. The Morgan fingerprint density at radius 2 is 0.966 bits per heavy atom. The Labute approximate surface area is 340 Å². The van der Waals surface area contributed by atoms with E-state index < -0.39 is 24.3 Å². The lowest BCUT2D eigenvalue weighted by Gasteiger charge is -2.31. The molecule has 0 aliphatic carbocycles. The van der Waals surface area contributed by atoms with Gasteiger partial charge in [-0.3, -0.25) is 9.59 Å². The van der Waals surface area contributed by atoms with Crippen molar-refractivity contribution < 1.29 is 28.7 Å². The molecule has 4 N–H and O–H groups in total. The van der Waals surface area contributed by atoms with Crippen molar-refractivity contribution in [3.63, 3.8) is 0 Å². The van der Waals surface area contributed by atoms with Gasteiger partial charge < -0.3 is 39.9 Å². The van der Waals surface area contributed by atoms with E-state index in [2.05, 4.69) is 69.1 Å². The zero-order valence-corrected chi connectivity index (χ0v) is 34.5. The van der Waals surface area contributed by atoms with Crippen LogP contribution in [0.25, 0.3) is 33.6 Å². The summed E-state index contributed by atoms with van der Waals surface area (Å²) in [6.07, 6.45) is 8.74. The molecule has 4 aromatic rings. The number of rotatable bonds is 15. The van der Waals surface area contributed by atoms with Gasteiger partial charge in [-0.1, -0.05) is 102 Å². The molecule has 0 spiro atoms. The molecule has 4 amide bonds. The average Bonchev–Trinajstić information content (AvgIpc) is 4.10. The van der Waals surface area contributed by atoms with Gasteiger partial charge in [-0.2, -0.15) is 0 Å². The minimum atomic E-state index is -0.660. The molecule has 14 heteroatoms. The molecule has 0 radical (unpaired) electrons. The van der Waals surface area contributed by atoms with Crippen molar-refractivity contribution in [1.82, 2.24) is 40.4 Å². The zero-order chi connectivity index (χ0) is 41.3. The van der Waals surface area contributed by atoms with Gasteiger partial charge in [0, 0.05) is 13.1 Å². The van der Waals surface area contributed by atoms with Crippen LogP contribution in [0, 0.1) is 11.8 Å². The van der Waals surface area contributed by atoms with Crippen molar-refractivity contribution >= 4 is 24.0 Å². The molecular formula is C44H58N8O6. The summed E-state index contributed by atoms with van der Waals surface area (Å²) in [5.74, 6) is 1.25. The lowest BCUT2D eigenvalue weighted by atomic mass is 9.93. The van der Waals surface area contributed by atoms with Crippen molar-refractivity contribution in [2.75, 3.05) is 27.3 Å². The van der Waals surface area contributed by atoms with E-state index >= 15 is 0 Å². The molecule has 310 valence electrons. The summed E-state index contributed by atoms with van der Waals surface area (Å²) in [6, 6.07) is 14.8. The number of aromatic nitrogens is 4. The number of aromatic amines is 2. The lowest BCUT2D eigenvalue weighted by molar-refractivity contribution is -0.136. The third kappa shape index (κ3) is 9.05. The number of amides is 4. The summed E-state index contributed by atoms with van der Waals surface area (Å²) < 4.78 is 9.69. The highest BCUT2D eigenvalue weighted by Crippen LogP contribution is 2.36. The Morgan fingerprint density at radius 1 is 0.621 bits per heavy atom. The van der Waals surface area contributed by atoms with E-state index in [0.29, 0.717) is 13.1 Å². The Hall–Kier alpha value is -5.66. The number of alkyl carbamates (subject to hydrolysis) is 2. The number of likely N-dealkylation sites (tertiary alicyclic amines) is 2. The van der Waals surface area contributed by atoms with Crippen LogP contribution in [0.5, 0.6) is 0 Å². The fraction of sp³-hybridized carbons (Fsp3) is 0.500. The topological polar surface area (TPSA) is 175 Å². The molecule has 2 aromatic heterocycles. The first-order valence-electron chi connectivity index (χ1n) is 20.7. The highest BCUT2D eigenvalue weighted by atomic mass is 16.5. The lowest BCUT2D eigenvalue weighted by Crippen LogP contribution is -2.52. The number of carbonyl (C=O) groups is 4. The van der Waals surface area contributed by atoms with Crippen LogP contribution in [0.1, 0.15) is 103 Å². The van der Waals surface area contributed by atoms with Crippen LogP contribution in [-0.4, -0.2) is 93.1 Å². The van der Waals surface area contributed by atoms with Crippen LogP contribution < -0.4 is 10.6 Å². The fourth-order valence-corrected chi connectivity index (χ4v) is 8.63. The maximum atomic E-state index is 13.9. The van der Waals surface area contributed by atoms with E-state index in [9.17, 15) is 19.2 Å². The van der Waals surface area contributed by atoms with Crippen LogP contribution in [0.4, 0.5) is 9.59 Å². The number of imidazole rings is 2. The molecule has 4 heterocycles. The summed E-state index contributed by atoms with van der Waals surface area (Å²) in [6.45, 7) is 9.32. The maximum absolute atomic E-state index is 13.9. The first kappa shape index (κ1) is 42.0. The Kier molecular flexibility index (Phi) is 13.9. The molecule has 0 saturated carbocycles. The van der Waals surface area contributed by atoms with Crippen LogP contribution in [0.15, 0.2) is 60.9 Å². The van der Waals surface area contributed by atoms with Crippen molar-refractivity contribution in [3.8, 4) is 33.6 Å². The number of methoxy groups -OCH3 is 2. The number of carbonyl (C=O) groups excluding carboxylic acids is 4. The second-order valence-electron chi connectivity index (χ2n) is 15.3. The summed E-state index contributed by atoms with van der Waals surface area (Å²) in [5, 5.41) is 5.59. The number of H-pyrrole nitrogens is 2. The Morgan fingerprint density at radius 3 is 1.29 bits per heavy atom. The van der Waals surface area contributed by atoms with Gasteiger partial charge in [-0.15, -0.1) is 0 Å². The quantitative estimate of drug-likeness (QED) is 0.0944. The average molecular weight is 795 g/mol. The van der Waals surface area contributed by atoms with Crippen LogP contribution in [0.2, 0.25) is 0 Å². The van der Waals surface area contributed by atoms with E-state index in [-0.39, 0.29) is 35.7 Å². The number of ether oxygens (including phenoxy) is 2. The maximum Gasteiger partial charge on any atom is 0.407 e. The molecule has 58 heavy (non-hydrogen) atoms. The molecule has 2 aliphatic heterocycles. The smallest absolute Gasteiger partial charge is 0.407 e. The number of nitrogens with zero attached hydrogens (tertiary/aromatic N) is 4. The highest BCUT2D eigenvalue weighted by molar-refractivity contribution is 5.87. The summed E-state index contributed by atoms with van der Waals surface area (Å²) in [4.78, 5) is 72.1. The SMILES string of the molecule is CCC(CC)[C@H](NC(=O)OC)C(=O)N1CCCC1c1ncc(-c2ccc(-c3ccc(-c4cnc([C@@H]5CCCN5C(=O)[C@@H](NC(=O)OC)C(CC)CC)[nH]4)cc3)cc2)[nH]1. The van der Waals surface area contributed by atoms with Gasteiger partial charge in [0.05, 0.1) is 50.1 Å². The standard InChI is InChI=1S/C44H58N8O6/c1-7-27(8-2)37(49-43(55)57-5)41(53)51-23-11-13-35(51)39-45-25-33(47-39)31-19-15-29(16-20-31)30-17-21-32(22-18-30)34-26-46-40(48-34)36-14-12-24-52(36)42(54)38(28(9-3)10-4)50-44(56)58-6/h15-22,25-28,35-38H,7-14,23-24H2,1-6H3,(H,45,47)(H,46,48)(H,49,55)(H,50,56)/t35-,36?,37-,38-/m0/s1. The minimum Gasteiger partial charge on any atom is -0.453 e. The molecule has 0 bridgehead atoms. The predicted octanol–water partition coefficient (Wildman–Crippen LogP) is 7.78. The van der Waals surface area contributed by atoms with E-state index in [1.807, 2.05) is 49.9 Å². The summed E-state index contributed by atoms with van der Waals surface area (Å²) >= 11 is 0. The molecule has 2 aliphatic rings. The van der Waals surface area contributed by atoms with E-state index in [1.165, 1.54) is 14.2 Å². The van der Waals surface area contributed by atoms with Gasteiger partial charge in [0.1, 0.15) is 23.7 Å². The van der Waals surface area contributed by atoms with Gasteiger partial charge in [0.15, 0.2) is 0 Å². The molecule has 2 fully saturated rings. The number of hydrogen-bond acceptors (Lipinski definition) is 8.